The molecule has 1 aliphatic rings. The summed E-state index contributed by atoms with van der Waals surface area (Å²) >= 11 is 0. The van der Waals surface area contributed by atoms with E-state index >= 15 is 0 Å². The number of nitrogens with zero attached hydrogens (tertiary/aromatic N) is 1. The fourth-order valence-electron chi connectivity index (χ4n) is 3.22. The smallest absolute Gasteiger partial charge is 0.416 e. The maximum atomic E-state index is 12.8. The maximum absolute atomic E-state index is 12.8. The number of rotatable bonds is 6. The van der Waals surface area contributed by atoms with E-state index in [2.05, 4.69) is 0 Å². The molecule has 0 aliphatic carbocycles. The molecule has 2 aromatic rings. The van der Waals surface area contributed by atoms with Gasteiger partial charge in [0.1, 0.15) is 0 Å². The van der Waals surface area contributed by atoms with Crippen LogP contribution in [-0.2, 0) is 15.7 Å². The van der Waals surface area contributed by atoms with Crippen molar-refractivity contribution in [3.8, 4) is 11.5 Å². The molecule has 170 valence electrons. The number of allylic oxidation sites excluding steroid dienone is 2. The van der Waals surface area contributed by atoms with Crippen LogP contribution in [0.25, 0.3) is 11.6 Å². The Balaban J connectivity index is 1.94. The Labute approximate surface area is 184 Å². The van der Waals surface area contributed by atoms with Gasteiger partial charge in [-0.3, -0.25) is 4.79 Å². The van der Waals surface area contributed by atoms with Crippen LogP contribution in [0.5, 0.6) is 11.5 Å². The van der Waals surface area contributed by atoms with Gasteiger partial charge in [-0.25, -0.2) is 0 Å². The molecule has 3 rings (SSSR count). The average molecular weight is 447 g/mol. The first-order valence-corrected chi connectivity index (χ1v) is 9.98. The monoisotopic (exact) mass is 447 g/mol. The fraction of sp³-hybridized carbons (Fsp3) is 0.292. The van der Waals surface area contributed by atoms with E-state index in [1.165, 1.54) is 32.4 Å². The second-order valence-electron chi connectivity index (χ2n) is 7.06. The van der Waals surface area contributed by atoms with E-state index < -0.39 is 11.7 Å². The second-order valence-corrected chi connectivity index (χ2v) is 7.06. The largest absolute Gasteiger partial charge is 0.493 e. The number of alkyl halides is 3. The van der Waals surface area contributed by atoms with Crippen LogP contribution in [0.15, 0.2) is 54.6 Å². The maximum Gasteiger partial charge on any atom is 0.416 e. The average Bonchev–Trinajstić information content (AvgIpc) is 2.81. The van der Waals surface area contributed by atoms with E-state index in [1.54, 1.807) is 35.3 Å². The molecule has 0 bridgehead atoms. The predicted molar refractivity (Wildman–Crippen MR) is 115 cm³/mol. The summed E-state index contributed by atoms with van der Waals surface area (Å²) in [5, 5.41) is 0. The van der Waals surface area contributed by atoms with Gasteiger partial charge in [-0.2, -0.15) is 13.2 Å². The van der Waals surface area contributed by atoms with Crippen LogP contribution in [0.1, 0.15) is 16.7 Å². The van der Waals surface area contributed by atoms with E-state index in [0.29, 0.717) is 54.5 Å². The first-order chi connectivity index (χ1) is 15.3. The minimum absolute atomic E-state index is 0.171. The van der Waals surface area contributed by atoms with Crippen LogP contribution in [0, 0.1) is 0 Å². The molecule has 8 heteroatoms. The van der Waals surface area contributed by atoms with Crippen LogP contribution in [0.2, 0.25) is 0 Å². The highest BCUT2D eigenvalue weighted by atomic mass is 19.4. The molecule has 0 aromatic heterocycles. The first-order valence-electron chi connectivity index (χ1n) is 9.98. The molecule has 0 unspecified atom stereocenters. The molecule has 1 fully saturated rings. The van der Waals surface area contributed by atoms with Crippen molar-refractivity contribution in [2.24, 2.45) is 0 Å². The molecule has 0 spiro atoms. The summed E-state index contributed by atoms with van der Waals surface area (Å²) in [6.45, 7) is 1.95. The molecule has 1 heterocycles. The molecule has 1 saturated heterocycles. The van der Waals surface area contributed by atoms with Crippen molar-refractivity contribution in [1.82, 2.24) is 4.90 Å². The zero-order valence-corrected chi connectivity index (χ0v) is 17.8. The van der Waals surface area contributed by atoms with Gasteiger partial charge in [0.25, 0.3) is 0 Å². The Morgan fingerprint density at radius 1 is 1.00 bits per heavy atom. The summed E-state index contributed by atoms with van der Waals surface area (Å²) in [6, 6.07) is 10.1. The lowest BCUT2D eigenvalue weighted by Gasteiger charge is -2.26. The molecular formula is C24H24F3NO4. The zero-order chi connectivity index (χ0) is 23.1. The highest BCUT2D eigenvalue weighted by Crippen LogP contribution is 2.32. The minimum atomic E-state index is -4.39. The number of amides is 1. The van der Waals surface area contributed by atoms with Gasteiger partial charge in [0.2, 0.25) is 5.91 Å². The van der Waals surface area contributed by atoms with Crippen molar-refractivity contribution in [3.05, 3.63) is 71.3 Å². The van der Waals surface area contributed by atoms with Crippen LogP contribution < -0.4 is 9.47 Å². The van der Waals surface area contributed by atoms with E-state index in [4.69, 9.17) is 14.2 Å². The normalized spacial score (nSPS) is 15.2. The van der Waals surface area contributed by atoms with Gasteiger partial charge in [-0.15, -0.1) is 0 Å². The van der Waals surface area contributed by atoms with Crippen LogP contribution in [-0.4, -0.2) is 51.3 Å². The number of halogens is 3. The van der Waals surface area contributed by atoms with Gasteiger partial charge >= 0.3 is 6.18 Å². The molecule has 0 N–H and O–H groups in total. The number of carbonyl (C=O) groups is 1. The summed E-state index contributed by atoms with van der Waals surface area (Å²) in [7, 11) is 3.04. The third kappa shape index (κ3) is 5.91. The van der Waals surface area contributed by atoms with Gasteiger partial charge < -0.3 is 19.1 Å². The Bertz CT molecular complexity index is 991. The molecular weight excluding hydrogens is 423 g/mol. The molecule has 5 nitrogen and oxygen atoms in total. The quantitative estimate of drug-likeness (QED) is 0.477. The lowest BCUT2D eigenvalue weighted by molar-refractivity contribution is -0.137. The van der Waals surface area contributed by atoms with E-state index in [0.717, 1.165) is 12.1 Å². The van der Waals surface area contributed by atoms with E-state index in [-0.39, 0.29) is 5.91 Å². The van der Waals surface area contributed by atoms with Crippen molar-refractivity contribution >= 4 is 17.6 Å². The Morgan fingerprint density at radius 2 is 1.66 bits per heavy atom. The van der Waals surface area contributed by atoms with E-state index in [9.17, 15) is 18.0 Å². The summed E-state index contributed by atoms with van der Waals surface area (Å²) in [4.78, 5) is 14.5. The molecule has 1 amide bonds. The van der Waals surface area contributed by atoms with E-state index in [1.807, 2.05) is 0 Å². The summed E-state index contributed by atoms with van der Waals surface area (Å²) < 4.78 is 54.4. The van der Waals surface area contributed by atoms with Crippen molar-refractivity contribution in [1.29, 1.82) is 0 Å². The number of benzene rings is 2. The summed E-state index contributed by atoms with van der Waals surface area (Å²) in [5.41, 5.74) is 1.14. The van der Waals surface area contributed by atoms with Crippen molar-refractivity contribution < 1.29 is 32.2 Å². The molecule has 0 atom stereocenters. The van der Waals surface area contributed by atoms with Crippen LogP contribution in [0.3, 0.4) is 0 Å². The standard InChI is InChI=1S/C24H24F3NO4/c1-30-21-10-7-18(15-22(21)31-2)19(16-23(29)28-11-13-32-14-12-28)6-3-17-4-8-20(9-5-17)24(25,26)27/h3-10,15-16H,11-14H2,1-2H3/b6-3+,19-16-. The zero-order valence-electron chi connectivity index (χ0n) is 17.8. The molecule has 1 aliphatic heterocycles. The van der Waals surface area contributed by atoms with Crippen molar-refractivity contribution in [2.45, 2.75) is 6.18 Å². The lowest BCUT2D eigenvalue weighted by Crippen LogP contribution is -2.39. The summed E-state index contributed by atoms with van der Waals surface area (Å²) in [5.74, 6) is 0.870. The van der Waals surface area contributed by atoms with Crippen LogP contribution in [0.4, 0.5) is 13.2 Å². The molecule has 0 radical (unpaired) electrons. The van der Waals surface area contributed by atoms with Crippen LogP contribution >= 0.6 is 0 Å². The third-order valence-corrected chi connectivity index (χ3v) is 5.01. The number of methoxy groups -OCH3 is 2. The topological polar surface area (TPSA) is 48.0 Å². The van der Waals surface area contributed by atoms with Crippen molar-refractivity contribution in [2.75, 3.05) is 40.5 Å². The first kappa shape index (κ1) is 23.4. The van der Waals surface area contributed by atoms with Gasteiger partial charge in [-0.1, -0.05) is 30.4 Å². The molecule has 0 saturated carbocycles. The fourth-order valence-corrected chi connectivity index (χ4v) is 3.22. The summed E-state index contributed by atoms with van der Waals surface area (Å²) in [6.07, 6.45) is 0.474. The van der Waals surface area contributed by atoms with Gasteiger partial charge in [0.05, 0.1) is 33.0 Å². The third-order valence-electron chi connectivity index (χ3n) is 5.01. The minimum Gasteiger partial charge on any atom is -0.493 e. The Morgan fingerprint density at radius 3 is 2.25 bits per heavy atom. The lowest BCUT2D eigenvalue weighted by atomic mass is 10.0. The van der Waals surface area contributed by atoms with Crippen molar-refractivity contribution in [3.63, 3.8) is 0 Å². The Kier molecular flexibility index (Phi) is 7.58. The second kappa shape index (κ2) is 10.4. The molecule has 32 heavy (non-hydrogen) atoms. The number of hydrogen-bond acceptors (Lipinski definition) is 4. The highest BCUT2D eigenvalue weighted by Gasteiger charge is 2.29. The number of hydrogen-bond donors (Lipinski definition) is 0. The Hall–Kier alpha value is -3.26. The molecule has 2 aromatic carbocycles. The predicted octanol–water partition coefficient (Wildman–Crippen LogP) is 4.68. The van der Waals surface area contributed by atoms with Gasteiger partial charge in [-0.05, 0) is 41.0 Å². The number of morpholine rings is 1. The number of carbonyl (C=O) groups excluding carboxylic acids is 1. The highest BCUT2D eigenvalue weighted by molar-refractivity contribution is 5.98. The SMILES string of the molecule is COc1ccc(C(=C\C(=O)N2CCOCC2)/C=C/c2ccc(C(F)(F)F)cc2)cc1OC. The number of ether oxygens (including phenoxy) is 3. The van der Waals surface area contributed by atoms with Gasteiger partial charge in [0, 0.05) is 19.2 Å². The van der Waals surface area contributed by atoms with Gasteiger partial charge in [0.15, 0.2) is 11.5 Å².